The standard InChI is InChI=1S/C21H24N8O3/c1-20(15-7-6-8-16(11-15)29-14-23-25-26-29)18(31)28(19(32)24-20)12-17(30)27(2)21(13-22)9-4-3-5-10-21/h6-8,11,14H,3-5,9-10,12H2,1-2H3,(H,24,32). The van der Waals surface area contributed by atoms with E-state index in [0.717, 1.165) is 24.2 Å². The summed E-state index contributed by atoms with van der Waals surface area (Å²) < 4.78 is 1.44. The van der Waals surface area contributed by atoms with Crippen LogP contribution in [0.25, 0.3) is 5.69 Å². The molecule has 4 rings (SSSR count). The number of imide groups is 1. The summed E-state index contributed by atoms with van der Waals surface area (Å²) in [6, 6.07) is 8.57. The van der Waals surface area contributed by atoms with Gasteiger partial charge in [0.2, 0.25) is 5.91 Å². The second-order valence-corrected chi connectivity index (χ2v) is 8.41. The van der Waals surface area contributed by atoms with E-state index in [1.54, 1.807) is 38.2 Å². The van der Waals surface area contributed by atoms with Crippen LogP contribution in [0.3, 0.4) is 0 Å². The number of hydrogen-bond donors (Lipinski definition) is 1. The fraction of sp³-hybridized carbons (Fsp3) is 0.476. The topological polar surface area (TPSA) is 137 Å². The number of rotatable bonds is 5. The van der Waals surface area contributed by atoms with Gasteiger partial charge in [0.1, 0.15) is 23.9 Å². The zero-order valence-corrected chi connectivity index (χ0v) is 18.0. The molecule has 0 spiro atoms. The summed E-state index contributed by atoms with van der Waals surface area (Å²) in [7, 11) is 1.57. The lowest BCUT2D eigenvalue weighted by atomic mass is 9.81. The van der Waals surface area contributed by atoms with Gasteiger partial charge >= 0.3 is 6.03 Å². The van der Waals surface area contributed by atoms with Crippen LogP contribution < -0.4 is 5.32 Å². The van der Waals surface area contributed by atoms with Crippen molar-refractivity contribution in [3.63, 3.8) is 0 Å². The van der Waals surface area contributed by atoms with Crippen LogP contribution >= 0.6 is 0 Å². The van der Waals surface area contributed by atoms with Crippen LogP contribution in [0.2, 0.25) is 0 Å². The fourth-order valence-electron chi connectivity index (χ4n) is 4.41. The predicted octanol–water partition coefficient (Wildman–Crippen LogP) is 1.11. The first kappa shape index (κ1) is 21.4. The van der Waals surface area contributed by atoms with E-state index in [9.17, 15) is 19.6 Å². The number of carbonyl (C=O) groups is 3. The van der Waals surface area contributed by atoms with Crippen molar-refractivity contribution in [1.82, 2.24) is 35.3 Å². The van der Waals surface area contributed by atoms with Crippen molar-refractivity contribution in [2.24, 2.45) is 0 Å². The Balaban J connectivity index is 1.55. The Morgan fingerprint density at radius 2 is 2.03 bits per heavy atom. The molecule has 11 nitrogen and oxygen atoms in total. The monoisotopic (exact) mass is 436 g/mol. The molecule has 11 heteroatoms. The normalized spacial score (nSPS) is 22.3. The number of nitrogens with zero attached hydrogens (tertiary/aromatic N) is 7. The number of amides is 4. The van der Waals surface area contributed by atoms with E-state index in [-0.39, 0.29) is 0 Å². The van der Waals surface area contributed by atoms with Crippen LogP contribution in [0.15, 0.2) is 30.6 Å². The Morgan fingerprint density at radius 1 is 1.28 bits per heavy atom. The molecule has 2 heterocycles. The molecule has 32 heavy (non-hydrogen) atoms. The maximum Gasteiger partial charge on any atom is 0.325 e. The third-order valence-corrected chi connectivity index (χ3v) is 6.51. The molecule has 2 aromatic rings. The predicted molar refractivity (Wildman–Crippen MR) is 111 cm³/mol. The van der Waals surface area contributed by atoms with Gasteiger partial charge in [-0.1, -0.05) is 31.4 Å². The SMILES string of the molecule is CN(C(=O)CN1C(=O)NC(C)(c2cccc(-n3cnnn3)c2)C1=O)C1(C#N)CCCCC1. The molecule has 1 aliphatic carbocycles. The lowest BCUT2D eigenvalue weighted by molar-refractivity contribution is -0.141. The first-order chi connectivity index (χ1) is 15.3. The molecule has 0 radical (unpaired) electrons. The quantitative estimate of drug-likeness (QED) is 0.693. The van der Waals surface area contributed by atoms with Gasteiger partial charge in [-0.2, -0.15) is 5.26 Å². The summed E-state index contributed by atoms with van der Waals surface area (Å²) in [5, 5.41) is 23.5. The molecule has 166 valence electrons. The van der Waals surface area contributed by atoms with E-state index in [0.29, 0.717) is 24.1 Å². The van der Waals surface area contributed by atoms with Gasteiger partial charge in [-0.05, 0) is 47.9 Å². The van der Waals surface area contributed by atoms with Gasteiger partial charge in [0, 0.05) is 7.05 Å². The van der Waals surface area contributed by atoms with Crippen molar-refractivity contribution < 1.29 is 14.4 Å². The first-order valence-electron chi connectivity index (χ1n) is 10.5. The third-order valence-electron chi connectivity index (χ3n) is 6.51. The molecule has 1 aromatic heterocycles. The zero-order valence-electron chi connectivity index (χ0n) is 18.0. The molecular weight excluding hydrogens is 412 g/mol. The lowest BCUT2D eigenvalue weighted by Crippen LogP contribution is -2.53. The van der Waals surface area contributed by atoms with Crippen molar-refractivity contribution in [1.29, 1.82) is 5.26 Å². The Kier molecular flexibility index (Phi) is 5.38. The number of carbonyl (C=O) groups excluding carboxylic acids is 3. The summed E-state index contributed by atoms with van der Waals surface area (Å²) in [6.07, 6.45) is 5.36. The highest BCUT2D eigenvalue weighted by molar-refractivity contribution is 6.09. The zero-order chi connectivity index (χ0) is 22.9. The molecule has 1 saturated carbocycles. The summed E-state index contributed by atoms with van der Waals surface area (Å²) >= 11 is 0. The van der Waals surface area contributed by atoms with Crippen molar-refractivity contribution in [3.05, 3.63) is 36.2 Å². The van der Waals surface area contributed by atoms with Crippen LogP contribution in [0.5, 0.6) is 0 Å². The highest BCUT2D eigenvalue weighted by atomic mass is 16.2. The maximum atomic E-state index is 13.3. The van der Waals surface area contributed by atoms with Gasteiger partial charge in [0.25, 0.3) is 5.91 Å². The van der Waals surface area contributed by atoms with E-state index >= 15 is 0 Å². The Labute approximate surface area is 185 Å². The highest BCUT2D eigenvalue weighted by Crippen LogP contribution is 2.33. The van der Waals surface area contributed by atoms with E-state index in [1.165, 1.54) is 15.9 Å². The minimum Gasteiger partial charge on any atom is -0.325 e. The average molecular weight is 436 g/mol. The van der Waals surface area contributed by atoms with Crippen LogP contribution in [0.1, 0.15) is 44.6 Å². The second-order valence-electron chi connectivity index (χ2n) is 8.41. The van der Waals surface area contributed by atoms with Crippen molar-refractivity contribution >= 4 is 17.8 Å². The van der Waals surface area contributed by atoms with Gasteiger partial charge in [-0.15, -0.1) is 5.10 Å². The summed E-state index contributed by atoms with van der Waals surface area (Å²) in [5.41, 5.74) is -1.08. The van der Waals surface area contributed by atoms with Gasteiger partial charge < -0.3 is 10.2 Å². The number of tetrazole rings is 1. The molecule has 2 aliphatic rings. The number of nitrogens with one attached hydrogen (secondary N) is 1. The van der Waals surface area contributed by atoms with Crippen molar-refractivity contribution in [2.75, 3.05) is 13.6 Å². The van der Waals surface area contributed by atoms with Gasteiger partial charge in [0.15, 0.2) is 0 Å². The number of likely N-dealkylation sites (N-methyl/N-ethyl adjacent to an activating group) is 1. The summed E-state index contributed by atoms with van der Waals surface area (Å²) in [4.78, 5) is 41.3. The van der Waals surface area contributed by atoms with Crippen LogP contribution in [-0.4, -0.2) is 67.0 Å². The van der Waals surface area contributed by atoms with Gasteiger partial charge in [-0.25, -0.2) is 9.48 Å². The van der Waals surface area contributed by atoms with E-state index in [1.807, 2.05) is 0 Å². The molecule has 4 amide bonds. The minimum absolute atomic E-state index is 0.424. The lowest BCUT2D eigenvalue weighted by Gasteiger charge is -2.39. The van der Waals surface area contributed by atoms with E-state index < -0.39 is 35.5 Å². The second kappa shape index (κ2) is 8.03. The number of urea groups is 1. The molecule has 1 aliphatic heterocycles. The fourth-order valence-corrected chi connectivity index (χ4v) is 4.41. The molecule has 1 unspecified atom stereocenters. The smallest absolute Gasteiger partial charge is 0.325 e. The van der Waals surface area contributed by atoms with Crippen LogP contribution in [0, 0.1) is 11.3 Å². The Morgan fingerprint density at radius 3 is 2.69 bits per heavy atom. The number of benzene rings is 1. The average Bonchev–Trinajstić information content (AvgIpc) is 3.43. The first-order valence-corrected chi connectivity index (χ1v) is 10.5. The molecule has 1 N–H and O–H groups in total. The molecule has 2 fully saturated rings. The number of hydrogen-bond acceptors (Lipinski definition) is 7. The molecule has 1 atom stereocenters. The summed E-state index contributed by atoms with van der Waals surface area (Å²) in [6.45, 7) is 1.17. The number of nitriles is 1. The largest absolute Gasteiger partial charge is 0.325 e. The van der Waals surface area contributed by atoms with Gasteiger partial charge in [-0.3, -0.25) is 14.5 Å². The molecular formula is C21H24N8O3. The highest BCUT2D eigenvalue weighted by Gasteiger charge is 2.50. The molecule has 1 saturated heterocycles. The maximum absolute atomic E-state index is 13.3. The van der Waals surface area contributed by atoms with Crippen LogP contribution in [0.4, 0.5) is 4.79 Å². The minimum atomic E-state index is -1.35. The van der Waals surface area contributed by atoms with Gasteiger partial charge in [0.05, 0.1) is 11.8 Å². The number of aromatic nitrogens is 4. The Bertz CT molecular complexity index is 1090. The molecule has 1 aromatic carbocycles. The van der Waals surface area contributed by atoms with Crippen LogP contribution in [-0.2, 0) is 15.1 Å². The summed E-state index contributed by atoms with van der Waals surface area (Å²) in [5.74, 6) is -0.976. The third kappa shape index (κ3) is 3.47. The van der Waals surface area contributed by atoms with E-state index in [2.05, 4.69) is 26.9 Å². The Hall–Kier alpha value is -3.81. The van der Waals surface area contributed by atoms with Crippen molar-refractivity contribution in [2.45, 2.75) is 50.1 Å². The molecule has 0 bridgehead atoms. The van der Waals surface area contributed by atoms with Crippen molar-refractivity contribution in [3.8, 4) is 11.8 Å². The van der Waals surface area contributed by atoms with E-state index in [4.69, 9.17) is 0 Å².